The largest absolute Gasteiger partial charge is 0.438 e. The molecule has 0 unspecified atom stereocenters. The molecule has 1 saturated heterocycles. The zero-order valence-electron chi connectivity index (χ0n) is 12.2. The Morgan fingerprint density at radius 2 is 1.95 bits per heavy atom. The van der Waals surface area contributed by atoms with Crippen molar-refractivity contribution in [2.24, 2.45) is 5.92 Å². The monoisotopic (exact) mass is 290 g/mol. The molecule has 1 amide bonds. The summed E-state index contributed by atoms with van der Waals surface area (Å²) in [6, 6.07) is -0.569. The van der Waals surface area contributed by atoms with E-state index in [1.54, 1.807) is 14.1 Å². The summed E-state index contributed by atoms with van der Waals surface area (Å²) in [5.41, 5.74) is 0. The lowest BCUT2D eigenvalue weighted by molar-refractivity contribution is -0.116. The zero-order chi connectivity index (χ0) is 14.8. The van der Waals surface area contributed by atoms with Gasteiger partial charge in [-0.15, -0.1) is 0 Å². The van der Waals surface area contributed by atoms with Crippen LogP contribution in [0, 0.1) is 5.92 Å². The van der Waals surface area contributed by atoms with Crippen LogP contribution in [0.4, 0.5) is 13.6 Å². The predicted octanol–water partition coefficient (Wildman–Crippen LogP) is 2.63. The number of alkyl halides is 2. The number of cyclic esters (lactones) is 1. The molecule has 1 aliphatic heterocycles. The minimum absolute atomic E-state index is 0.409. The maximum Gasteiger partial charge on any atom is 0.408 e. The molecule has 2 atom stereocenters. The molecule has 116 valence electrons. The molecule has 4 nitrogen and oxygen atoms in total. The van der Waals surface area contributed by atoms with Gasteiger partial charge in [-0.1, -0.05) is 32.1 Å². The highest BCUT2D eigenvalue weighted by molar-refractivity contribution is 5.70. The van der Waals surface area contributed by atoms with Crippen LogP contribution in [0.15, 0.2) is 0 Å². The highest BCUT2D eigenvalue weighted by Gasteiger charge is 2.52. The van der Waals surface area contributed by atoms with E-state index in [0.717, 1.165) is 25.7 Å². The molecule has 20 heavy (non-hydrogen) atoms. The number of halogens is 2. The molecule has 2 fully saturated rings. The molecule has 1 aliphatic carbocycles. The van der Waals surface area contributed by atoms with Gasteiger partial charge in [0.15, 0.2) is 6.10 Å². The van der Waals surface area contributed by atoms with E-state index in [2.05, 4.69) is 5.32 Å². The van der Waals surface area contributed by atoms with E-state index in [-0.39, 0.29) is 0 Å². The summed E-state index contributed by atoms with van der Waals surface area (Å²) in [6.07, 6.45) is 4.21. The van der Waals surface area contributed by atoms with E-state index in [4.69, 9.17) is 4.74 Å². The first-order valence-electron chi connectivity index (χ1n) is 7.38. The van der Waals surface area contributed by atoms with Gasteiger partial charge in [0.25, 0.3) is 5.92 Å². The van der Waals surface area contributed by atoms with E-state index in [9.17, 15) is 13.6 Å². The molecule has 1 N–H and O–H groups in total. The van der Waals surface area contributed by atoms with E-state index >= 15 is 0 Å². The van der Waals surface area contributed by atoms with Gasteiger partial charge in [0, 0.05) is 0 Å². The molecule has 0 aromatic heterocycles. The normalized spacial score (nSPS) is 28.6. The number of carbonyl (C=O) groups excluding carboxylic acids is 1. The minimum Gasteiger partial charge on any atom is -0.438 e. The molecule has 0 bridgehead atoms. The fourth-order valence-electron chi connectivity index (χ4n) is 3.32. The van der Waals surface area contributed by atoms with Crippen molar-refractivity contribution in [3.05, 3.63) is 0 Å². The van der Waals surface area contributed by atoms with Crippen LogP contribution in [0.2, 0.25) is 0 Å². The number of nitrogens with one attached hydrogen (secondary N) is 1. The fraction of sp³-hybridized carbons (Fsp3) is 0.929. The predicted molar refractivity (Wildman–Crippen MR) is 71.9 cm³/mol. The quantitative estimate of drug-likeness (QED) is 0.846. The fourth-order valence-corrected chi connectivity index (χ4v) is 3.32. The number of nitrogens with zero attached hydrogens (tertiary/aromatic N) is 1. The van der Waals surface area contributed by atoms with Crippen LogP contribution in [0.3, 0.4) is 0 Å². The smallest absolute Gasteiger partial charge is 0.408 e. The first-order valence-corrected chi connectivity index (χ1v) is 7.38. The number of amides is 1. The van der Waals surface area contributed by atoms with E-state index < -0.39 is 30.7 Å². The van der Waals surface area contributed by atoms with Gasteiger partial charge in [-0.05, 0) is 26.4 Å². The van der Waals surface area contributed by atoms with Gasteiger partial charge < -0.3 is 15.0 Å². The van der Waals surface area contributed by atoms with Crippen LogP contribution in [0.1, 0.15) is 38.5 Å². The molecule has 1 saturated carbocycles. The van der Waals surface area contributed by atoms with Crippen molar-refractivity contribution in [1.82, 2.24) is 10.2 Å². The first kappa shape index (κ1) is 15.5. The highest BCUT2D eigenvalue weighted by Crippen LogP contribution is 2.34. The molecule has 0 aromatic rings. The second kappa shape index (κ2) is 6.24. The van der Waals surface area contributed by atoms with Crippen LogP contribution in [-0.2, 0) is 4.74 Å². The number of rotatable bonds is 5. The van der Waals surface area contributed by atoms with E-state index in [1.807, 2.05) is 0 Å². The van der Waals surface area contributed by atoms with Crippen LogP contribution in [-0.4, -0.2) is 49.7 Å². The second-order valence-corrected chi connectivity index (χ2v) is 6.32. The van der Waals surface area contributed by atoms with Crippen LogP contribution < -0.4 is 5.32 Å². The molecular formula is C14H24F2N2O2. The van der Waals surface area contributed by atoms with Gasteiger partial charge in [0.05, 0.1) is 12.6 Å². The maximum atomic E-state index is 14.2. The maximum absolute atomic E-state index is 14.2. The molecule has 1 heterocycles. The van der Waals surface area contributed by atoms with Gasteiger partial charge in [0.2, 0.25) is 0 Å². The van der Waals surface area contributed by atoms with Gasteiger partial charge in [-0.3, -0.25) is 0 Å². The summed E-state index contributed by atoms with van der Waals surface area (Å²) in [5.74, 6) is -2.60. The number of alkyl carbamates (subject to hydrolysis) is 1. The Morgan fingerprint density at radius 3 is 2.55 bits per heavy atom. The van der Waals surface area contributed by atoms with Crippen LogP contribution >= 0.6 is 0 Å². The lowest BCUT2D eigenvalue weighted by Gasteiger charge is -2.30. The highest BCUT2D eigenvalue weighted by atomic mass is 19.3. The molecule has 0 aromatic carbocycles. The van der Waals surface area contributed by atoms with Crippen molar-refractivity contribution in [3.63, 3.8) is 0 Å². The van der Waals surface area contributed by atoms with Gasteiger partial charge in [-0.25, -0.2) is 13.6 Å². The molecular weight excluding hydrogens is 266 g/mol. The molecule has 2 aliphatic rings. The van der Waals surface area contributed by atoms with Crippen LogP contribution in [0.25, 0.3) is 0 Å². The lowest BCUT2D eigenvalue weighted by atomic mass is 9.83. The summed E-state index contributed by atoms with van der Waals surface area (Å²) in [4.78, 5) is 12.8. The first-order chi connectivity index (χ1) is 9.38. The molecule has 2 rings (SSSR count). The number of carbonyl (C=O) groups is 1. The SMILES string of the molecule is CN(C)CC(F)(F)[C@@H]1OC(=O)N[C@H]1CC1CCCCC1. The Hall–Kier alpha value is -0.910. The third kappa shape index (κ3) is 3.81. The lowest BCUT2D eigenvalue weighted by Crippen LogP contribution is -2.49. The van der Waals surface area contributed by atoms with Gasteiger partial charge in [0.1, 0.15) is 0 Å². The number of ether oxygens (including phenoxy) is 1. The van der Waals surface area contributed by atoms with Crippen molar-refractivity contribution in [1.29, 1.82) is 0 Å². The molecule has 0 spiro atoms. The topological polar surface area (TPSA) is 41.6 Å². The summed E-state index contributed by atoms with van der Waals surface area (Å²) in [5, 5.41) is 2.57. The third-order valence-corrected chi connectivity index (χ3v) is 4.16. The van der Waals surface area contributed by atoms with Crippen molar-refractivity contribution < 1.29 is 18.3 Å². The standard InChI is InChI=1S/C14H24F2N2O2/c1-18(2)9-14(15,16)12-11(17-13(19)20-12)8-10-6-4-3-5-7-10/h10-12H,3-9H2,1-2H3,(H,17,19)/t11-,12+/m0/s1. The van der Waals surface area contributed by atoms with Crippen molar-refractivity contribution in [3.8, 4) is 0 Å². The Bertz CT molecular complexity index is 344. The van der Waals surface area contributed by atoms with Gasteiger partial charge >= 0.3 is 6.09 Å². The van der Waals surface area contributed by atoms with Crippen LogP contribution in [0.5, 0.6) is 0 Å². The zero-order valence-corrected chi connectivity index (χ0v) is 12.2. The minimum atomic E-state index is -3.03. The Morgan fingerprint density at radius 1 is 1.30 bits per heavy atom. The number of hydrogen-bond donors (Lipinski definition) is 1. The second-order valence-electron chi connectivity index (χ2n) is 6.32. The van der Waals surface area contributed by atoms with Crippen molar-refractivity contribution in [2.75, 3.05) is 20.6 Å². The summed E-state index contributed by atoms with van der Waals surface area (Å²) in [6.45, 7) is -0.409. The van der Waals surface area contributed by atoms with E-state index in [0.29, 0.717) is 12.3 Å². The summed E-state index contributed by atoms with van der Waals surface area (Å²) in [7, 11) is 3.18. The van der Waals surface area contributed by atoms with E-state index in [1.165, 1.54) is 11.3 Å². The summed E-state index contributed by atoms with van der Waals surface area (Å²) >= 11 is 0. The van der Waals surface area contributed by atoms with Crippen molar-refractivity contribution in [2.45, 2.75) is 56.6 Å². The Labute approximate surface area is 118 Å². The Kier molecular flexibility index (Phi) is 4.83. The van der Waals surface area contributed by atoms with Gasteiger partial charge in [-0.2, -0.15) is 0 Å². The Balaban J connectivity index is 2.00. The molecule has 6 heteroatoms. The van der Waals surface area contributed by atoms with Crippen molar-refractivity contribution >= 4 is 6.09 Å². The third-order valence-electron chi connectivity index (χ3n) is 4.16. The average molecular weight is 290 g/mol. The average Bonchev–Trinajstić information content (AvgIpc) is 2.71. The molecule has 0 radical (unpaired) electrons. The number of hydrogen-bond acceptors (Lipinski definition) is 3. The summed E-state index contributed by atoms with van der Waals surface area (Å²) < 4.78 is 33.3.